The van der Waals surface area contributed by atoms with E-state index in [0.717, 1.165) is 26.8 Å². The van der Waals surface area contributed by atoms with Crippen LogP contribution >= 0.6 is 95.6 Å². The van der Waals surface area contributed by atoms with E-state index in [2.05, 4.69) is 108 Å². The van der Waals surface area contributed by atoms with Crippen LogP contribution in [-0.2, 0) is 0 Å². The van der Waals surface area contributed by atoms with E-state index in [4.69, 9.17) is 0 Å². The number of benzene rings is 2. The fourth-order valence-corrected chi connectivity index (χ4v) is 9.47. The second kappa shape index (κ2) is 7.55. The fraction of sp³-hybridized carbons (Fsp3) is 0. The van der Waals surface area contributed by atoms with Crippen LogP contribution in [0.4, 0.5) is 0 Å². The molecule has 0 unspecified atom stereocenters. The maximum absolute atomic E-state index is 3.65. The molecule has 0 aliphatic rings. The van der Waals surface area contributed by atoms with Gasteiger partial charge in [-0.2, -0.15) is 0 Å². The summed E-state index contributed by atoms with van der Waals surface area (Å²) in [5, 5.41) is 0. The minimum absolute atomic E-state index is 0.296. The van der Waals surface area contributed by atoms with Crippen LogP contribution in [0.1, 0.15) is 0 Å². The molecule has 0 saturated heterocycles. The van der Waals surface area contributed by atoms with Crippen molar-refractivity contribution < 1.29 is 21.2 Å². The summed E-state index contributed by atoms with van der Waals surface area (Å²) in [6, 6.07) is 8.43. The van der Waals surface area contributed by atoms with E-state index < -0.39 is 0 Å². The molecule has 2 aromatic carbocycles. The Morgan fingerprint density at radius 1 is 0.579 bits per heavy atom. The second-order valence-electron chi connectivity index (χ2n) is 3.46. The molecule has 0 aliphatic carbocycles. The molecular formula is C12H4Br6I+. The molecule has 0 atom stereocenters. The number of halogens is 7. The summed E-state index contributed by atoms with van der Waals surface area (Å²) in [5.74, 6) is 0. The van der Waals surface area contributed by atoms with Crippen LogP contribution in [0.3, 0.4) is 0 Å². The molecule has 100 valence electrons. The van der Waals surface area contributed by atoms with Gasteiger partial charge in [-0.1, -0.05) is 31.9 Å². The molecule has 0 bridgehead atoms. The minimum atomic E-state index is -0.296. The predicted octanol–water partition coefficient (Wildman–Crippen LogP) is 4.39. The van der Waals surface area contributed by atoms with Crippen LogP contribution in [0.15, 0.2) is 51.1 Å². The summed E-state index contributed by atoms with van der Waals surface area (Å²) in [7, 11) is 0. The van der Waals surface area contributed by atoms with E-state index in [1.165, 1.54) is 7.14 Å². The SMILES string of the molecule is Brc1cc(Br)c(Br)c([I+]c2cc(Br)cc(Br)c2Br)c1. The first kappa shape index (κ1) is 17.4. The molecule has 2 aromatic rings. The van der Waals surface area contributed by atoms with E-state index in [1.807, 2.05) is 12.1 Å². The van der Waals surface area contributed by atoms with Gasteiger partial charge in [0.2, 0.25) is 7.14 Å². The predicted molar refractivity (Wildman–Crippen MR) is 96.5 cm³/mol. The van der Waals surface area contributed by atoms with Gasteiger partial charge in [-0.25, -0.2) is 0 Å². The molecule has 2 rings (SSSR count). The minimum Gasteiger partial charge on any atom is -0.0506 e. The Morgan fingerprint density at radius 3 is 1.32 bits per heavy atom. The molecule has 0 radical (unpaired) electrons. The molecule has 19 heavy (non-hydrogen) atoms. The van der Waals surface area contributed by atoms with Gasteiger partial charge in [0.05, 0.1) is 8.95 Å². The highest BCUT2D eigenvalue weighted by Gasteiger charge is 2.25. The standard InChI is InChI=1S/C12H4Br6I/c13-5-1-7(15)11(17)9(3-5)19-10-4-6(14)2-8(16)12(10)18/h1-4H/q+1. The number of hydrogen-bond donors (Lipinski definition) is 0. The van der Waals surface area contributed by atoms with Crippen molar-refractivity contribution in [2.75, 3.05) is 0 Å². The third-order valence-corrected chi connectivity index (χ3v) is 11.4. The smallest absolute Gasteiger partial charge is 0.0506 e. The van der Waals surface area contributed by atoms with Crippen molar-refractivity contribution >= 4 is 95.6 Å². The largest absolute Gasteiger partial charge is 0.360 e. The Labute approximate surface area is 172 Å². The summed E-state index contributed by atoms with van der Waals surface area (Å²) in [5.41, 5.74) is 0. The molecule has 7 heteroatoms. The van der Waals surface area contributed by atoms with Gasteiger partial charge in [-0.15, -0.1) is 0 Å². The maximum Gasteiger partial charge on any atom is 0.360 e. The van der Waals surface area contributed by atoms with Gasteiger partial charge in [0.1, 0.15) is 0 Å². The molecule has 0 aromatic heterocycles. The first-order valence-corrected chi connectivity index (χ1v) is 11.7. The molecule has 0 spiro atoms. The summed E-state index contributed by atoms with van der Waals surface area (Å²) >= 11 is 21.2. The molecule has 0 heterocycles. The van der Waals surface area contributed by atoms with Crippen molar-refractivity contribution in [2.45, 2.75) is 0 Å². The summed E-state index contributed by atoms with van der Waals surface area (Å²) in [6.07, 6.45) is 0. The van der Waals surface area contributed by atoms with Gasteiger partial charge in [0.25, 0.3) is 0 Å². The van der Waals surface area contributed by atoms with E-state index in [9.17, 15) is 0 Å². The van der Waals surface area contributed by atoms with Crippen LogP contribution < -0.4 is 21.2 Å². The van der Waals surface area contributed by atoms with Gasteiger partial charge >= 0.3 is 21.2 Å². The third kappa shape index (κ3) is 4.51. The monoisotopic (exact) mass is 748 g/mol. The van der Waals surface area contributed by atoms with Crippen molar-refractivity contribution in [3.8, 4) is 0 Å². The Bertz CT molecular complexity index is 585. The Kier molecular flexibility index (Phi) is 6.91. The highest BCUT2D eigenvalue weighted by Crippen LogP contribution is 2.28. The van der Waals surface area contributed by atoms with Gasteiger partial charge in [-0.3, -0.25) is 0 Å². The van der Waals surface area contributed by atoms with Crippen LogP contribution in [0.2, 0.25) is 0 Å². The second-order valence-corrected chi connectivity index (χ2v) is 11.5. The zero-order valence-corrected chi connectivity index (χ0v) is 20.6. The molecular weight excluding hydrogens is 750 g/mol. The Hall–Kier alpha value is 2.05. The fourth-order valence-electron chi connectivity index (χ4n) is 1.30. The molecule has 0 saturated carbocycles. The van der Waals surface area contributed by atoms with E-state index in [0.29, 0.717) is 0 Å². The summed E-state index contributed by atoms with van der Waals surface area (Å²) in [6.45, 7) is 0. The number of hydrogen-bond acceptors (Lipinski definition) is 0. The van der Waals surface area contributed by atoms with Gasteiger partial charge in [0, 0.05) is 30.0 Å². The van der Waals surface area contributed by atoms with Gasteiger partial charge < -0.3 is 0 Å². The van der Waals surface area contributed by atoms with Crippen molar-refractivity contribution in [1.82, 2.24) is 0 Å². The zero-order chi connectivity index (χ0) is 14.2. The van der Waals surface area contributed by atoms with Crippen molar-refractivity contribution in [3.63, 3.8) is 0 Å². The topological polar surface area (TPSA) is 0 Å². The number of rotatable bonds is 2. The first-order valence-electron chi connectivity index (χ1n) is 4.82. The van der Waals surface area contributed by atoms with E-state index in [-0.39, 0.29) is 21.2 Å². The van der Waals surface area contributed by atoms with Crippen LogP contribution in [0.5, 0.6) is 0 Å². The lowest BCUT2D eigenvalue weighted by molar-refractivity contribution is -0.599. The van der Waals surface area contributed by atoms with Crippen molar-refractivity contribution in [3.05, 3.63) is 58.2 Å². The molecule has 0 fully saturated rings. The quantitative estimate of drug-likeness (QED) is 0.243. The van der Waals surface area contributed by atoms with E-state index in [1.54, 1.807) is 0 Å². The lowest BCUT2D eigenvalue weighted by Gasteiger charge is -2.00. The van der Waals surface area contributed by atoms with E-state index >= 15 is 0 Å². The van der Waals surface area contributed by atoms with Crippen molar-refractivity contribution in [1.29, 1.82) is 0 Å². The molecule has 0 N–H and O–H groups in total. The first-order chi connectivity index (χ1) is 8.88. The normalized spacial score (nSPS) is 10.8. The van der Waals surface area contributed by atoms with Crippen LogP contribution in [0, 0.1) is 7.14 Å². The van der Waals surface area contributed by atoms with Gasteiger partial charge in [-0.05, 0) is 75.9 Å². The summed E-state index contributed by atoms with van der Waals surface area (Å²) < 4.78 is 9.22. The lowest BCUT2D eigenvalue weighted by Crippen LogP contribution is -3.61. The third-order valence-electron chi connectivity index (χ3n) is 2.10. The lowest BCUT2D eigenvalue weighted by atomic mass is 10.4. The average molecular weight is 754 g/mol. The maximum atomic E-state index is 3.65. The summed E-state index contributed by atoms with van der Waals surface area (Å²) in [4.78, 5) is 0. The average Bonchev–Trinajstić information content (AvgIpc) is 2.31. The molecule has 0 aliphatic heterocycles. The Morgan fingerprint density at radius 2 is 0.947 bits per heavy atom. The zero-order valence-electron chi connectivity index (χ0n) is 8.96. The van der Waals surface area contributed by atoms with Crippen molar-refractivity contribution in [2.24, 2.45) is 0 Å². The van der Waals surface area contributed by atoms with Gasteiger partial charge in [0.15, 0.2) is 0 Å². The molecule has 0 amide bonds. The Balaban J connectivity index is 2.47. The molecule has 0 nitrogen and oxygen atoms in total. The van der Waals surface area contributed by atoms with Crippen LogP contribution in [0.25, 0.3) is 0 Å². The highest BCUT2D eigenvalue weighted by atomic mass is 127. The van der Waals surface area contributed by atoms with Crippen LogP contribution in [-0.4, -0.2) is 0 Å². The highest BCUT2D eigenvalue weighted by molar-refractivity contribution is 9.13.